The Morgan fingerprint density at radius 2 is 1.81 bits per heavy atom. The molecule has 142 valence electrons. The van der Waals surface area contributed by atoms with Crippen LogP contribution < -0.4 is 16.0 Å². The van der Waals surface area contributed by atoms with E-state index in [9.17, 15) is 4.79 Å². The number of carbonyl (C=O) groups excluding carboxylic acids is 1. The van der Waals surface area contributed by atoms with Crippen LogP contribution in [0.25, 0.3) is 0 Å². The van der Waals surface area contributed by atoms with Crippen molar-refractivity contribution in [2.24, 2.45) is 4.99 Å². The molecule has 6 nitrogen and oxygen atoms in total. The summed E-state index contributed by atoms with van der Waals surface area (Å²) in [6.45, 7) is 4.16. The van der Waals surface area contributed by atoms with Gasteiger partial charge in [0.05, 0.1) is 10.7 Å². The molecule has 0 aliphatic carbocycles. The fourth-order valence-corrected chi connectivity index (χ4v) is 2.89. The van der Waals surface area contributed by atoms with Gasteiger partial charge in [-0.25, -0.2) is 4.98 Å². The molecule has 0 atom stereocenters. The minimum atomic E-state index is -0.0401. The number of aryl methyl sites for hydroxylation is 1. The van der Waals surface area contributed by atoms with E-state index < -0.39 is 0 Å². The first-order valence-electron chi connectivity index (χ1n) is 8.38. The molecule has 1 heterocycles. The van der Waals surface area contributed by atoms with E-state index in [1.165, 1.54) is 0 Å². The van der Waals surface area contributed by atoms with E-state index in [2.05, 4.69) is 31.3 Å². The van der Waals surface area contributed by atoms with Crippen molar-refractivity contribution < 1.29 is 4.79 Å². The molecule has 0 aliphatic heterocycles. The lowest BCUT2D eigenvalue weighted by Gasteiger charge is -2.11. The van der Waals surface area contributed by atoms with Crippen molar-refractivity contribution in [1.29, 1.82) is 0 Å². The number of carbonyl (C=O) groups is 1. The van der Waals surface area contributed by atoms with Gasteiger partial charge in [0.1, 0.15) is 0 Å². The minimum Gasteiger partial charge on any atom is -0.356 e. The number of nitrogens with one attached hydrogen (secondary N) is 3. The Labute approximate surface area is 175 Å². The van der Waals surface area contributed by atoms with Gasteiger partial charge in [-0.3, -0.25) is 9.79 Å². The monoisotopic (exact) mass is 487 g/mol. The van der Waals surface area contributed by atoms with E-state index in [-0.39, 0.29) is 29.9 Å². The molecule has 26 heavy (non-hydrogen) atoms. The zero-order valence-electron chi connectivity index (χ0n) is 15.1. The van der Waals surface area contributed by atoms with E-state index in [0.29, 0.717) is 12.1 Å². The van der Waals surface area contributed by atoms with E-state index in [1.807, 2.05) is 37.3 Å². The number of hydrogen-bond donors (Lipinski definition) is 3. The van der Waals surface area contributed by atoms with Crippen LogP contribution in [0.4, 0.5) is 0 Å². The van der Waals surface area contributed by atoms with Crippen LogP contribution in [0.15, 0.2) is 40.7 Å². The van der Waals surface area contributed by atoms with Crippen LogP contribution in [0.1, 0.15) is 27.5 Å². The summed E-state index contributed by atoms with van der Waals surface area (Å²) in [7, 11) is 1.75. The molecule has 0 saturated heterocycles. The number of hydrogen-bond acceptors (Lipinski definition) is 4. The fourth-order valence-electron chi connectivity index (χ4n) is 2.24. The average molecular weight is 487 g/mol. The molecule has 1 aromatic heterocycles. The molecular formula is C18H26IN5OS. The van der Waals surface area contributed by atoms with Crippen LogP contribution in [-0.2, 0) is 6.42 Å². The maximum absolute atomic E-state index is 11.9. The molecule has 0 fully saturated rings. The van der Waals surface area contributed by atoms with Crippen molar-refractivity contribution in [3.8, 4) is 0 Å². The summed E-state index contributed by atoms with van der Waals surface area (Å²) in [6.07, 6.45) is 1.70. The second-order valence-corrected chi connectivity index (χ2v) is 6.57. The molecular weight excluding hydrogens is 461 g/mol. The molecule has 0 spiro atoms. The third-order valence-corrected chi connectivity index (χ3v) is 4.35. The lowest BCUT2D eigenvalue weighted by atomic mass is 10.2. The van der Waals surface area contributed by atoms with Crippen LogP contribution in [0, 0.1) is 6.92 Å². The van der Waals surface area contributed by atoms with Gasteiger partial charge < -0.3 is 16.0 Å². The summed E-state index contributed by atoms with van der Waals surface area (Å²) < 4.78 is 0. The van der Waals surface area contributed by atoms with Crippen LogP contribution in [0.5, 0.6) is 0 Å². The first kappa shape index (κ1) is 22.4. The maximum Gasteiger partial charge on any atom is 0.251 e. The van der Waals surface area contributed by atoms with Crippen molar-refractivity contribution in [2.45, 2.75) is 19.8 Å². The second-order valence-electron chi connectivity index (χ2n) is 5.51. The third kappa shape index (κ3) is 8.13. The summed E-state index contributed by atoms with van der Waals surface area (Å²) in [5.74, 6) is 0.725. The molecule has 0 bridgehead atoms. The zero-order chi connectivity index (χ0) is 17.9. The van der Waals surface area contributed by atoms with Gasteiger partial charge in [0.15, 0.2) is 5.96 Å². The predicted molar refractivity (Wildman–Crippen MR) is 119 cm³/mol. The number of benzene rings is 1. The standard InChI is InChI=1S/C18H25N5OS.HI/c1-14-23-16(13-25-14)9-12-22-18(19-2)21-11-6-10-20-17(24)15-7-4-3-5-8-15;/h3-5,7-8,13H,6,9-12H2,1-2H3,(H,20,24)(H2,19,21,22);1H. The Morgan fingerprint density at radius 3 is 2.46 bits per heavy atom. The van der Waals surface area contributed by atoms with Crippen LogP contribution in [0.3, 0.4) is 0 Å². The molecule has 3 N–H and O–H groups in total. The number of halogens is 1. The van der Waals surface area contributed by atoms with Gasteiger partial charge >= 0.3 is 0 Å². The normalized spacial score (nSPS) is 10.8. The zero-order valence-corrected chi connectivity index (χ0v) is 18.3. The van der Waals surface area contributed by atoms with Crippen molar-refractivity contribution in [1.82, 2.24) is 20.9 Å². The summed E-state index contributed by atoms with van der Waals surface area (Å²) >= 11 is 1.67. The van der Waals surface area contributed by atoms with E-state index in [1.54, 1.807) is 18.4 Å². The second kappa shape index (κ2) is 12.6. The Morgan fingerprint density at radius 1 is 1.12 bits per heavy atom. The average Bonchev–Trinajstić information content (AvgIpc) is 3.05. The van der Waals surface area contributed by atoms with Gasteiger partial charge in [0.2, 0.25) is 0 Å². The molecule has 0 aliphatic rings. The van der Waals surface area contributed by atoms with E-state index >= 15 is 0 Å². The summed E-state index contributed by atoms with van der Waals surface area (Å²) in [5, 5.41) is 12.6. The molecule has 1 amide bonds. The number of aliphatic imine (C=N–C) groups is 1. The molecule has 8 heteroatoms. The molecule has 2 rings (SSSR count). The third-order valence-electron chi connectivity index (χ3n) is 3.53. The summed E-state index contributed by atoms with van der Waals surface area (Å²) in [4.78, 5) is 20.5. The molecule has 0 radical (unpaired) electrons. The van der Waals surface area contributed by atoms with Crippen molar-refractivity contribution in [2.75, 3.05) is 26.7 Å². The molecule has 0 unspecified atom stereocenters. The quantitative estimate of drug-likeness (QED) is 0.232. The Kier molecular flexibility index (Phi) is 10.9. The molecule has 2 aromatic rings. The largest absolute Gasteiger partial charge is 0.356 e. The number of amides is 1. The lowest BCUT2D eigenvalue weighted by Crippen LogP contribution is -2.39. The fraction of sp³-hybridized carbons (Fsp3) is 0.389. The summed E-state index contributed by atoms with van der Waals surface area (Å²) in [5.41, 5.74) is 1.79. The van der Waals surface area contributed by atoms with Crippen LogP contribution >= 0.6 is 35.3 Å². The Bertz CT molecular complexity index is 690. The number of nitrogens with zero attached hydrogens (tertiary/aromatic N) is 2. The first-order valence-corrected chi connectivity index (χ1v) is 9.26. The summed E-state index contributed by atoms with van der Waals surface area (Å²) in [6, 6.07) is 9.24. The highest BCUT2D eigenvalue weighted by Crippen LogP contribution is 2.07. The molecule has 1 aromatic carbocycles. The highest BCUT2D eigenvalue weighted by molar-refractivity contribution is 14.0. The highest BCUT2D eigenvalue weighted by Gasteiger charge is 2.03. The number of thiazole rings is 1. The highest BCUT2D eigenvalue weighted by atomic mass is 127. The van der Waals surface area contributed by atoms with Gasteiger partial charge in [0.25, 0.3) is 5.91 Å². The van der Waals surface area contributed by atoms with Crippen LogP contribution in [0.2, 0.25) is 0 Å². The minimum absolute atomic E-state index is 0. The maximum atomic E-state index is 11.9. The number of guanidine groups is 1. The first-order chi connectivity index (χ1) is 12.2. The smallest absolute Gasteiger partial charge is 0.251 e. The van der Waals surface area contributed by atoms with Gasteiger partial charge in [-0.1, -0.05) is 18.2 Å². The Hall–Kier alpha value is -1.68. The molecule has 0 saturated carbocycles. The van der Waals surface area contributed by atoms with Crippen LogP contribution in [-0.4, -0.2) is 43.5 Å². The predicted octanol–water partition coefficient (Wildman–Crippen LogP) is 2.60. The van der Waals surface area contributed by atoms with Gasteiger partial charge in [-0.15, -0.1) is 35.3 Å². The SMILES string of the molecule is CN=C(NCCCNC(=O)c1ccccc1)NCCc1csc(C)n1.I. The number of rotatable bonds is 8. The van der Waals surface area contributed by atoms with Gasteiger partial charge in [-0.2, -0.15) is 0 Å². The van der Waals surface area contributed by atoms with E-state index in [0.717, 1.165) is 42.6 Å². The van der Waals surface area contributed by atoms with Crippen molar-refractivity contribution >= 4 is 47.2 Å². The van der Waals surface area contributed by atoms with Crippen molar-refractivity contribution in [3.05, 3.63) is 52.0 Å². The van der Waals surface area contributed by atoms with Crippen molar-refractivity contribution in [3.63, 3.8) is 0 Å². The lowest BCUT2D eigenvalue weighted by molar-refractivity contribution is 0.0953. The number of aromatic nitrogens is 1. The van der Waals surface area contributed by atoms with E-state index in [4.69, 9.17) is 0 Å². The van der Waals surface area contributed by atoms with Gasteiger partial charge in [0, 0.05) is 44.0 Å². The topological polar surface area (TPSA) is 78.4 Å². The Balaban J connectivity index is 0.00000338. The van der Waals surface area contributed by atoms with Gasteiger partial charge in [-0.05, 0) is 25.5 Å².